The molecular formula is C23H22N2O4S2. The van der Waals surface area contributed by atoms with Crippen molar-refractivity contribution < 1.29 is 17.9 Å². The van der Waals surface area contributed by atoms with Gasteiger partial charge < -0.3 is 9.64 Å². The maximum absolute atomic E-state index is 13.1. The molecule has 1 aliphatic rings. The van der Waals surface area contributed by atoms with Crippen LogP contribution in [0.1, 0.15) is 10.4 Å². The smallest absolute Gasteiger partial charge is 0.264 e. The molecule has 0 radical (unpaired) electrons. The van der Waals surface area contributed by atoms with Gasteiger partial charge in [-0.25, -0.2) is 8.42 Å². The molecule has 0 atom stereocenters. The lowest BCUT2D eigenvalue weighted by atomic mass is 10.1. The Morgan fingerprint density at radius 2 is 1.68 bits per heavy atom. The van der Waals surface area contributed by atoms with Gasteiger partial charge in [0.25, 0.3) is 15.9 Å². The van der Waals surface area contributed by atoms with Gasteiger partial charge in [0, 0.05) is 29.8 Å². The van der Waals surface area contributed by atoms with E-state index in [0.717, 1.165) is 16.3 Å². The molecule has 0 N–H and O–H groups in total. The van der Waals surface area contributed by atoms with Crippen LogP contribution in [0.3, 0.4) is 0 Å². The molecule has 0 aromatic heterocycles. The second-order valence-corrected chi connectivity index (χ2v) is 10.0. The minimum absolute atomic E-state index is 0.104. The van der Waals surface area contributed by atoms with Crippen molar-refractivity contribution in [3.63, 3.8) is 0 Å². The standard InChI is InChI=1S/C23H22N2O4S2/c1-24(19-7-3-5-9-21(19)29-2)31(27,28)18-13-11-17(12-14-18)23(26)25-15-16-30-22-10-6-4-8-20(22)25/h3-14H,15-16H2,1-2H3. The third kappa shape index (κ3) is 4.00. The van der Waals surface area contributed by atoms with Crippen LogP contribution >= 0.6 is 11.8 Å². The van der Waals surface area contributed by atoms with E-state index in [4.69, 9.17) is 4.74 Å². The Bertz CT molecular complexity index is 1210. The predicted molar refractivity (Wildman–Crippen MR) is 124 cm³/mol. The molecule has 6 nitrogen and oxygen atoms in total. The maximum atomic E-state index is 13.1. The van der Waals surface area contributed by atoms with E-state index in [1.807, 2.05) is 24.3 Å². The van der Waals surface area contributed by atoms with Crippen molar-refractivity contribution in [2.45, 2.75) is 9.79 Å². The number of nitrogens with zero attached hydrogens (tertiary/aromatic N) is 2. The van der Waals surface area contributed by atoms with Gasteiger partial charge in [0.2, 0.25) is 0 Å². The van der Waals surface area contributed by atoms with Crippen LogP contribution < -0.4 is 13.9 Å². The number of para-hydroxylation sites is 3. The number of thioether (sulfide) groups is 1. The van der Waals surface area contributed by atoms with Crippen molar-refractivity contribution in [3.05, 3.63) is 78.4 Å². The first-order valence-corrected chi connectivity index (χ1v) is 12.1. The molecule has 3 aromatic carbocycles. The number of rotatable bonds is 5. The highest BCUT2D eigenvalue weighted by atomic mass is 32.2. The maximum Gasteiger partial charge on any atom is 0.264 e. The van der Waals surface area contributed by atoms with E-state index in [-0.39, 0.29) is 10.8 Å². The van der Waals surface area contributed by atoms with Gasteiger partial charge in [-0.05, 0) is 48.5 Å². The third-order valence-corrected chi connectivity index (χ3v) is 7.99. The Morgan fingerprint density at radius 1 is 1.00 bits per heavy atom. The molecule has 0 bridgehead atoms. The molecule has 31 heavy (non-hydrogen) atoms. The van der Waals surface area contributed by atoms with Gasteiger partial charge in [0.15, 0.2) is 0 Å². The summed E-state index contributed by atoms with van der Waals surface area (Å²) in [6.45, 7) is 0.608. The lowest BCUT2D eigenvalue weighted by Gasteiger charge is -2.29. The average molecular weight is 455 g/mol. The number of carbonyl (C=O) groups is 1. The van der Waals surface area contributed by atoms with Crippen molar-refractivity contribution in [2.75, 3.05) is 35.7 Å². The van der Waals surface area contributed by atoms with Crippen molar-refractivity contribution in [3.8, 4) is 5.75 Å². The summed E-state index contributed by atoms with van der Waals surface area (Å²) in [6.07, 6.45) is 0. The van der Waals surface area contributed by atoms with Crippen LogP contribution in [0.15, 0.2) is 82.6 Å². The van der Waals surface area contributed by atoms with E-state index < -0.39 is 10.0 Å². The summed E-state index contributed by atoms with van der Waals surface area (Å²) in [5.41, 5.74) is 1.77. The Labute approximate surface area is 186 Å². The first-order chi connectivity index (χ1) is 14.9. The van der Waals surface area contributed by atoms with Crippen molar-refractivity contribution in [1.82, 2.24) is 0 Å². The Hall–Kier alpha value is -2.97. The lowest BCUT2D eigenvalue weighted by molar-refractivity contribution is 0.0987. The van der Waals surface area contributed by atoms with Gasteiger partial charge in [0.1, 0.15) is 5.75 Å². The van der Waals surface area contributed by atoms with Gasteiger partial charge in [-0.2, -0.15) is 0 Å². The van der Waals surface area contributed by atoms with Gasteiger partial charge in [-0.1, -0.05) is 24.3 Å². The zero-order valence-corrected chi connectivity index (χ0v) is 18.8. The fourth-order valence-electron chi connectivity index (χ4n) is 3.48. The van der Waals surface area contributed by atoms with E-state index in [1.54, 1.807) is 53.1 Å². The molecule has 0 saturated carbocycles. The van der Waals surface area contributed by atoms with Crippen LogP contribution in [0.4, 0.5) is 11.4 Å². The fourth-order valence-corrected chi connectivity index (χ4v) is 5.68. The highest BCUT2D eigenvalue weighted by Gasteiger charge is 2.26. The summed E-state index contributed by atoms with van der Waals surface area (Å²) in [6, 6.07) is 20.8. The zero-order valence-electron chi connectivity index (χ0n) is 17.2. The lowest BCUT2D eigenvalue weighted by Crippen LogP contribution is -2.35. The fraction of sp³-hybridized carbons (Fsp3) is 0.174. The molecule has 1 heterocycles. The van der Waals surface area contributed by atoms with Crippen LogP contribution in [0, 0.1) is 0 Å². The Kier molecular flexibility index (Phi) is 5.93. The molecule has 4 rings (SSSR count). The number of methoxy groups -OCH3 is 1. The number of hydrogen-bond acceptors (Lipinski definition) is 5. The molecule has 0 saturated heterocycles. The number of fused-ring (bicyclic) bond motifs is 1. The number of anilines is 2. The minimum atomic E-state index is -3.82. The number of sulfonamides is 1. The first-order valence-electron chi connectivity index (χ1n) is 9.69. The van der Waals surface area contributed by atoms with Crippen LogP contribution in [0.25, 0.3) is 0 Å². The first kappa shape index (κ1) is 21.3. The monoisotopic (exact) mass is 454 g/mol. The van der Waals surface area contributed by atoms with E-state index in [1.165, 1.54) is 30.6 Å². The molecule has 0 spiro atoms. The quantitative estimate of drug-likeness (QED) is 0.576. The second-order valence-electron chi connectivity index (χ2n) is 6.94. The highest BCUT2D eigenvalue weighted by Crippen LogP contribution is 2.35. The SMILES string of the molecule is COc1ccccc1N(C)S(=O)(=O)c1ccc(C(=O)N2CCSc3ccccc32)cc1. The van der Waals surface area contributed by atoms with E-state index in [2.05, 4.69) is 0 Å². The third-order valence-electron chi connectivity index (χ3n) is 5.16. The number of ether oxygens (including phenoxy) is 1. The molecule has 1 aliphatic heterocycles. The summed E-state index contributed by atoms with van der Waals surface area (Å²) in [4.78, 5) is 16.0. The molecule has 0 aliphatic carbocycles. The molecular weight excluding hydrogens is 432 g/mol. The van der Waals surface area contributed by atoms with Gasteiger partial charge in [-0.3, -0.25) is 9.10 Å². The number of benzene rings is 3. The molecule has 0 fully saturated rings. The second kappa shape index (κ2) is 8.64. The normalized spacial score (nSPS) is 13.4. The van der Waals surface area contributed by atoms with Crippen LogP contribution in [0.2, 0.25) is 0 Å². The van der Waals surface area contributed by atoms with Crippen LogP contribution in [0.5, 0.6) is 5.75 Å². The summed E-state index contributed by atoms with van der Waals surface area (Å²) >= 11 is 1.73. The minimum Gasteiger partial charge on any atom is -0.495 e. The number of carbonyl (C=O) groups excluding carboxylic acids is 1. The average Bonchev–Trinajstić information content (AvgIpc) is 2.82. The molecule has 8 heteroatoms. The predicted octanol–water partition coefficient (Wildman–Crippen LogP) is 4.27. The van der Waals surface area contributed by atoms with Crippen molar-refractivity contribution >= 4 is 39.1 Å². The highest BCUT2D eigenvalue weighted by molar-refractivity contribution is 7.99. The van der Waals surface area contributed by atoms with Gasteiger partial charge >= 0.3 is 0 Å². The Balaban J connectivity index is 1.60. The summed E-state index contributed by atoms with van der Waals surface area (Å²) in [5, 5.41) is 0. The number of amides is 1. The van der Waals surface area contributed by atoms with Gasteiger partial charge in [0.05, 0.1) is 23.4 Å². The summed E-state index contributed by atoms with van der Waals surface area (Å²) < 4.78 is 32.7. The van der Waals surface area contributed by atoms with Crippen molar-refractivity contribution in [1.29, 1.82) is 0 Å². The molecule has 1 amide bonds. The van der Waals surface area contributed by atoms with Crippen LogP contribution in [-0.2, 0) is 10.0 Å². The van der Waals surface area contributed by atoms with E-state index >= 15 is 0 Å². The zero-order chi connectivity index (χ0) is 22.0. The topological polar surface area (TPSA) is 66.9 Å². The largest absolute Gasteiger partial charge is 0.495 e. The molecule has 3 aromatic rings. The van der Waals surface area contributed by atoms with Crippen LogP contribution in [-0.4, -0.2) is 40.8 Å². The molecule has 160 valence electrons. The van der Waals surface area contributed by atoms with Gasteiger partial charge in [-0.15, -0.1) is 11.8 Å². The van der Waals surface area contributed by atoms with E-state index in [9.17, 15) is 13.2 Å². The molecule has 0 unspecified atom stereocenters. The Morgan fingerprint density at radius 3 is 2.42 bits per heavy atom. The van der Waals surface area contributed by atoms with E-state index in [0.29, 0.717) is 23.5 Å². The summed E-state index contributed by atoms with van der Waals surface area (Å²) in [7, 11) is -0.838. The summed E-state index contributed by atoms with van der Waals surface area (Å²) in [5.74, 6) is 1.13. The number of hydrogen-bond donors (Lipinski definition) is 0. The van der Waals surface area contributed by atoms with Crippen molar-refractivity contribution in [2.24, 2.45) is 0 Å².